The number of primary amides is 1. The number of carbonyl (C=O) groups excluding carboxylic acids is 1. The van der Waals surface area contributed by atoms with Crippen LogP contribution in [-0.4, -0.2) is 51.9 Å². The summed E-state index contributed by atoms with van der Waals surface area (Å²) in [6.45, 7) is 2.78. The highest BCUT2D eigenvalue weighted by Crippen LogP contribution is 2.26. The molecule has 0 saturated heterocycles. The molecule has 0 aliphatic heterocycles. The van der Waals surface area contributed by atoms with Gasteiger partial charge in [0.25, 0.3) is 5.91 Å². The Morgan fingerprint density at radius 1 is 1.22 bits per heavy atom. The molecule has 0 aromatic carbocycles. The molecule has 1 amide bonds. The lowest BCUT2D eigenvalue weighted by atomic mass is 9.93. The van der Waals surface area contributed by atoms with Crippen LogP contribution in [0.3, 0.4) is 0 Å². The van der Waals surface area contributed by atoms with Crippen molar-refractivity contribution in [3.05, 3.63) is 11.8 Å². The number of aliphatic hydroxyl groups excluding tert-OH is 1. The standard InChI is InChI=1S/C19H31N5O3/c1-2-27-15-8-6-12(7-9-15)23-19-21-11-16(17(20)26)18(24-19)22-13-4-3-5-14(25)10-13/h11-15,25H,2-10H2,1H3,(H2,20,26)(H2,21,22,23,24)/t12?,13-,14+,15?/m0/s1. The van der Waals surface area contributed by atoms with Gasteiger partial charge in [-0.25, -0.2) is 4.98 Å². The first kappa shape index (κ1) is 19.8. The molecule has 8 nitrogen and oxygen atoms in total. The number of hydrogen-bond donors (Lipinski definition) is 4. The van der Waals surface area contributed by atoms with E-state index in [9.17, 15) is 9.90 Å². The normalized spacial score (nSPS) is 28.5. The van der Waals surface area contributed by atoms with E-state index in [1.165, 1.54) is 6.20 Å². The molecule has 2 aliphatic carbocycles. The lowest BCUT2D eigenvalue weighted by Crippen LogP contribution is -2.32. The molecule has 1 aromatic heterocycles. The first-order chi connectivity index (χ1) is 13.0. The summed E-state index contributed by atoms with van der Waals surface area (Å²) in [7, 11) is 0. The zero-order valence-electron chi connectivity index (χ0n) is 16.0. The van der Waals surface area contributed by atoms with Gasteiger partial charge in [-0.2, -0.15) is 4.98 Å². The van der Waals surface area contributed by atoms with Crippen LogP contribution in [0.5, 0.6) is 0 Å². The minimum absolute atomic E-state index is 0.0798. The van der Waals surface area contributed by atoms with Gasteiger partial charge in [-0.1, -0.05) is 0 Å². The Bertz CT molecular complexity index is 634. The third-order valence-electron chi connectivity index (χ3n) is 5.45. The van der Waals surface area contributed by atoms with Crippen molar-refractivity contribution in [3.63, 3.8) is 0 Å². The van der Waals surface area contributed by atoms with Gasteiger partial charge < -0.3 is 26.2 Å². The summed E-state index contributed by atoms with van der Waals surface area (Å²) < 4.78 is 5.69. The van der Waals surface area contributed by atoms with Crippen LogP contribution >= 0.6 is 0 Å². The minimum Gasteiger partial charge on any atom is -0.393 e. The van der Waals surface area contributed by atoms with Gasteiger partial charge in [-0.15, -0.1) is 0 Å². The van der Waals surface area contributed by atoms with Gasteiger partial charge in [-0.3, -0.25) is 4.79 Å². The molecule has 0 unspecified atom stereocenters. The molecule has 8 heteroatoms. The first-order valence-electron chi connectivity index (χ1n) is 10.0. The summed E-state index contributed by atoms with van der Waals surface area (Å²) in [6, 6.07) is 0.377. The molecule has 2 saturated carbocycles. The lowest BCUT2D eigenvalue weighted by molar-refractivity contribution is 0.0346. The zero-order valence-corrected chi connectivity index (χ0v) is 16.0. The third kappa shape index (κ3) is 5.52. The summed E-state index contributed by atoms with van der Waals surface area (Å²) >= 11 is 0. The minimum atomic E-state index is -0.558. The van der Waals surface area contributed by atoms with Crippen LogP contribution in [0.25, 0.3) is 0 Å². The number of carbonyl (C=O) groups is 1. The number of nitrogens with zero attached hydrogens (tertiary/aromatic N) is 2. The van der Waals surface area contributed by atoms with Gasteiger partial charge in [0.2, 0.25) is 5.95 Å². The third-order valence-corrected chi connectivity index (χ3v) is 5.45. The predicted octanol–water partition coefficient (Wildman–Crippen LogP) is 2.05. The molecule has 1 aromatic rings. The van der Waals surface area contributed by atoms with E-state index in [4.69, 9.17) is 10.5 Å². The Balaban J connectivity index is 1.65. The summed E-state index contributed by atoms with van der Waals surface area (Å²) in [5.74, 6) is 0.387. The Hall–Kier alpha value is -1.93. The molecule has 2 aliphatic rings. The maximum Gasteiger partial charge on any atom is 0.254 e. The second-order valence-corrected chi connectivity index (χ2v) is 7.56. The van der Waals surface area contributed by atoms with Crippen LogP contribution in [0.2, 0.25) is 0 Å². The monoisotopic (exact) mass is 377 g/mol. The highest BCUT2D eigenvalue weighted by molar-refractivity contribution is 5.97. The van der Waals surface area contributed by atoms with E-state index in [0.717, 1.165) is 51.6 Å². The van der Waals surface area contributed by atoms with E-state index >= 15 is 0 Å². The van der Waals surface area contributed by atoms with Crippen molar-refractivity contribution in [2.24, 2.45) is 5.73 Å². The van der Waals surface area contributed by atoms with Gasteiger partial charge in [0.1, 0.15) is 5.82 Å². The van der Waals surface area contributed by atoms with Crippen molar-refractivity contribution in [2.45, 2.75) is 82.6 Å². The molecule has 2 fully saturated rings. The van der Waals surface area contributed by atoms with Crippen molar-refractivity contribution in [3.8, 4) is 0 Å². The van der Waals surface area contributed by atoms with Crippen LogP contribution in [0.1, 0.15) is 68.6 Å². The predicted molar refractivity (Wildman–Crippen MR) is 104 cm³/mol. The second kappa shape index (κ2) is 9.32. The van der Waals surface area contributed by atoms with Crippen LogP contribution in [0.4, 0.5) is 11.8 Å². The van der Waals surface area contributed by atoms with Crippen molar-refractivity contribution in [2.75, 3.05) is 17.2 Å². The molecule has 150 valence electrons. The van der Waals surface area contributed by atoms with Crippen LogP contribution in [-0.2, 0) is 4.74 Å². The summed E-state index contributed by atoms with van der Waals surface area (Å²) in [4.78, 5) is 20.5. The number of anilines is 2. The number of aromatic nitrogens is 2. The van der Waals surface area contributed by atoms with Crippen LogP contribution in [0, 0.1) is 0 Å². The van der Waals surface area contributed by atoms with Crippen molar-refractivity contribution >= 4 is 17.7 Å². The average molecular weight is 377 g/mol. The molecule has 3 rings (SSSR count). The Kier molecular flexibility index (Phi) is 6.84. The van der Waals surface area contributed by atoms with Crippen molar-refractivity contribution in [1.82, 2.24) is 9.97 Å². The summed E-state index contributed by atoms with van der Waals surface area (Å²) in [5, 5.41) is 16.5. The Morgan fingerprint density at radius 2 is 2.00 bits per heavy atom. The van der Waals surface area contributed by atoms with Crippen LogP contribution < -0.4 is 16.4 Å². The number of aliphatic hydroxyl groups is 1. The van der Waals surface area contributed by atoms with Crippen LogP contribution in [0.15, 0.2) is 6.20 Å². The number of ether oxygens (including phenoxy) is 1. The molecule has 27 heavy (non-hydrogen) atoms. The molecule has 1 heterocycles. The number of nitrogens with one attached hydrogen (secondary N) is 2. The maximum absolute atomic E-state index is 11.7. The molecule has 5 N–H and O–H groups in total. The molecular formula is C19H31N5O3. The van der Waals surface area contributed by atoms with Crippen molar-refractivity contribution in [1.29, 1.82) is 0 Å². The lowest BCUT2D eigenvalue weighted by Gasteiger charge is -2.29. The number of amides is 1. The quantitative estimate of drug-likeness (QED) is 0.573. The highest BCUT2D eigenvalue weighted by Gasteiger charge is 2.24. The Morgan fingerprint density at radius 3 is 2.67 bits per heavy atom. The largest absolute Gasteiger partial charge is 0.393 e. The molecule has 0 spiro atoms. The fourth-order valence-corrected chi connectivity index (χ4v) is 4.02. The van der Waals surface area contributed by atoms with Gasteiger partial charge >= 0.3 is 0 Å². The SMILES string of the molecule is CCOC1CCC(Nc2ncc(C(N)=O)c(N[C@H]3CCC[C@@H](O)C3)n2)CC1. The molecule has 0 bridgehead atoms. The van der Waals surface area contributed by atoms with E-state index in [-0.39, 0.29) is 17.7 Å². The zero-order chi connectivity index (χ0) is 19.2. The molecule has 2 atom stereocenters. The highest BCUT2D eigenvalue weighted by atomic mass is 16.5. The van der Waals surface area contributed by atoms with E-state index in [2.05, 4.69) is 20.6 Å². The number of hydrogen-bond acceptors (Lipinski definition) is 7. The summed E-state index contributed by atoms with van der Waals surface area (Å²) in [5.41, 5.74) is 5.76. The first-order valence-corrected chi connectivity index (χ1v) is 10.0. The van der Waals surface area contributed by atoms with E-state index < -0.39 is 5.91 Å². The maximum atomic E-state index is 11.7. The Labute approximate surface area is 160 Å². The van der Waals surface area contributed by atoms with Gasteiger partial charge in [0, 0.05) is 24.9 Å². The fourth-order valence-electron chi connectivity index (χ4n) is 4.02. The molecular weight excluding hydrogens is 346 g/mol. The smallest absolute Gasteiger partial charge is 0.254 e. The fraction of sp³-hybridized carbons (Fsp3) is 0.737. The van der Waals surface area contributed by atoms with Crippen molar-refractivity contribution < 1.29 is 14.6 Å². The molecule has 0 radical (unpaired) electrons. The van der Waals surface area contributed by atoms with E-state index in [1.54, 1.807) is 0 Å². The second-order valence-electron chi connectivity index (χ2n) is 7.56. The number of rotatable bonds is 7. The van der Waals surface area contributed by atoms with E-state index in [0.29, 0.717) is 30.3 Å². The topological polar surface area (TPSA) is 122 Å². The summed E-state index contributed by atoms with van der Waals surface area (Å²) in [6.07, 6.45) is 8.92. The average Bonchev–Trinajstić information content (AvgIpc) is 2.63. The van der Waals surface area contributed by atoms with Gasteiger partial charge in [-0.05, 0) is 58.3 Å². The van der Waals surface area contributed by atoms with E-state index in [1.807, 2.05) is 6.92 Å². The number of nitrogens with two attached hydrogens (primary N) is 1. The van der Waals surface area contributed by atoms with Gasteiger partial charge in [0.05, 0.1) is 17.8 Å². The van der Waals surface area contributed by atoms with Gasteiger partial charge in [0.15, 0.2) is 0 Å².